The van der Waals surface area contributed by atoms with E-state index in [2.05, 4.69) is 53.6 Å². The zero-order valence-electron chi connectivity index (χ0n) is 15.7. The number of aromatic nitrogens is 1. The highest BCUT2D eigenvalue weighted by Gasteiger charge is 2.17. The first kappa shape index (κ1) is 19.2. The molecule has 5 nitrogen and oxygen atoms in total. The Morgan fingerprint density at radius 2 is 2.00 bits per heavy atom. The molecule has 0 saturated carbocycles. The number of likely N-dealkylation sites (tertiary alicyclic amines) is 1. The van der Waals surface area contributed by atoms with Gasteiger partial charge in [0.2, 0.25) is 0 Å². The fraction of sp³-hybridized carbons (Fsp3) is 0.778. The maximum absolute atomic E-state index is 4.71. The lowest BCUT2D eigenvalue weighted by molar-refractivity contribution is 0.232. The average Bonchev–Trinajstić information content (AvgIpc) is 3.03. The number of hydrogen-bond acceptors (Lipinski definition) is 4. The van der Waals surface area contributed by atoms with Gasteiger partial charge in [-0.3, -0.25) is 0 Å². The molecule has 0 atom stereocenters. The third-order valence-electron chi connectivity index (χ3n) is 4.11. The smallest absolute Gasteiger partial charge is 0.191 e. The topological polar surface area (TPSA) is 52.6 Å². The number of rotatable bonds is 6. The lowest BCUT2D eigenvalue weighted by atomic mass is 9.98. The van der Waals surface area contributed by atoms with Crippen molar-refractivity contribution in [2.75, 3.05) is 32.7 Å². The van der Waals surface area contributed by atoms with Crippen molar-refractivity contribution in [2.24, 2.45) is 4.99 Å². The summed E-state index contributed by atoms with van der Waals surface area (Å²) < 4.78 is 0. The molecule has 0 amide bonds. The van der Waals surface area contributed by atoms with Gasteiger partial charge >= 0.3 is 0 Å². The number of guanidine groups is 1. The Kier molecular flexibility index (Phi) is 7.49. The molecule has 2 rings (SSSR count). The normalized spacial score (nSPS) is 17.1. The molecule has 1 fully saturated rings. The van der Waals surface area contributed by atoms with Crippen molar-refractivity contribution >= 4 is 17.3 Å². The van der Waals surface area contributed by atoms with Gasteiger partial charge in [0.05, 0.1) is 17.2 Å². The SMILES string of the molecule is CCNC(=NCc1csc(C(C)(C)C)n1)NCCN1CCCCC1. The summed E-state index contributed by atoms with van der Waals surface area (Å²) in [5.74, 6) is 0.889. The third-order valence-corrected chi connectivity index (χ3v) is 5.42. The van der Waals surface area contributed by atoms with Gasteiger partial charge in [0, 0.05) is 30.4 Å². The number of nitrogens with one attached hydrogen (secondary N) is 2. The lowest BCUT2D eigenvalue weighted by Crippen LogP contribution is -2.42. The van der Waals surface area contributed by atoms with Gasteiger partial charge in [-0.25, -0.2) is 9.98 Å². The maximum Gasteiger partial charge on any atom is 0.191 e. The van der Waals surface area contributed by atoms with Crippen LogP contribution in [-0.4, -0.2) is 48.6 Å². The van der Waals surface area contributed by atoms with E-state index in [0.29, 0.717) is 6.54 Å². The van der Waals surface area contributed by atoms with Crippen LogP contribution >= 0.6 is 11.3 Å². The predicted molar refractivity (Wildman–Crippen MR) is 104 cm³/mol. The molecule has 0 spiro atoms. The fourth-order valence-corrected chi connectivity index (χ4v) is 3.64. The minimum atomic E-state index is 0.115. The second kappa shape index (κ2) is 9.37. The highest BCUT2D eigenvalue weighted by Crippen LogP contribution is 2.25. The molecule has 1 aliphatic rings. The molecule has 1 aromatic heterocycles. The Labute approximate surface area is 151 Å². The van der Waals surface area contributed by atoms with Crippen LogP contribution in [0, 0.1) is 0 Å². The van der Waals surface area contributed by atoms with Gasteiger partial charge < -0.3 is 15.5 Å². The molecule has 0 bridgehead atoms. The van der Waals surface area contributed by atoms with Crippen LogP contribution in [0.4, 0.5) is 0 Å². The summed E-state index contributed by atoms with van der Waals surface area (Å²) in [7, 11) is 0. The quantitative estimate of drug-likeness (QED) is 0.611. The van der Waals surface area contributed by atoms with Gasteiger partial charge in [-0.05, 0) is 32.9 Å². The van der Waals surface area contributed by atoms with Gasteiger partial charge in [0.15, 0.2) is 5.96 Å². The predicted octanol–water partition coefficient (Wildman–Crippen LogP) is 2.98. The Morgan fingerprint density at radius 3 is 2.62 bits per heavy atom. The molecule has 2 N–H and O–H groups in total. The van der Waals surface area contributed by atoms with Crippen molar-refractivity contribution in [3.05, 3.63) is 16.1 Å². The van der Waals surface area contributed by atoms with Crippen molar-refractivity contribution in [3.63, 3.8) is 0 Å². The van der Waals surface area contributed by atoms with E-state index in [1.165, 1.54) is 37.4 Å². The second-order valence-corrected chi connectivity index (χ2v) is 8.28. The lowest BCUT2D eigenvalue weighted by Gasteiger charge is -2.26. The number of aliphatic imine (C=N–C) groups is 1. The van der Waals surface area contributed by atoms with Crippen LogP contribution in [0.3, 0.4) is 0 Å². The zero-order valence-corrected chi connectivity index (χ0v) is 16.5. The first-order chi connectivity index (χ1) is 11.5. The van der Waals surface area contributed by atoms with Crippen LogP contribution in [0.5, 0.6) is 0 Å². The summed E-state index contributed by atoms with van der Waals surface area (Å²) in [5.41, 5.74) is 1.17. The van der Waals surface area contributed by atoms with Crippen LogP contribution in [-0.2, 0) is 12.0 Å². The highest BCUT2D eigenvalue weighted by molar-refractivity contribution is 7.09. The molecular formula is C18H33N5S. The molecule has 0 aromatic carbocycles. The minimum absolute atomic E-state index is 0.115. The van der Waals surface area contributed by atoms with Crippen molar-refractivity contribution in [1.29, 1.82) is 0 Å². The Hall–Kier alpha value is -1.14. The molecule has 136 valence electrons. The highest BCUT2D eigenvalue weighted by atomic mass is 32.1. The summed E-state index contributed by atoms with van der Waals surface area (Å²) in [5, 5.41) is 10.1. The fourth-order valence-electron chi connectivity index (χ4n) is 2.74. The molecule has 0 radical (unpaired) electrons. The zero-order chi connectivity index (χ0) is 17.4. The van der Waals surface area contributed by atoms with Crippen molar-refractivity contribution in [1.82, 2.24) is 20.5 Å². The summed E-state index contributed by atoms with van der Waals surface area (Å²) in [4.78, 5) is 11.9. The molecular weight excluding hydrogens is 318 g/mol. The van der Waals surface area contributed by atoms with Gasteiger partial charge in [-0.15, -0.1) is 11.3 Å². The van der Waals surface area contributed by atoms with Gasteiger partial charge in [-0.1, -0.05) is 27.2 Å². The largest absolute Gasteiger partial charge is 0.357 e. The van der Waals surface area contributed by atoms with Gasteiger partial charge in [0.1, 0.15) is 0 Å². The number of piperidine rings is 1. The molecule has 2 heterocycles. The molecule has 1 aromatic rings. The number of nitrogens with zero attached hydrogens (tertiary/aromatic N) is 3. The van der Waals surface area contributed by atoms with Gasteiger partial charge in [-0.2, -0.15) is 0 Å². The van der Waals surface area contributed by atoms with Crippen LogP contribution in [0.25, 0.3) is 0 Å². The molecule has 0 aliphatic carbocycles. The van der Waals surface area contributed by atoms with E-state index in [0.717, 1.165) is 31.3 Å². The minimum Gasteiger partial charge on any atom is -0.357 e. The Bertz CT molecular complexity index is 512. The summed E-state index contributed by atoms with van der Waals surface area (Å²) in [6, 6.07) is 0. The van der Waals surface area contributed by atoms with E-state index in [1.54, 1.807) is 11.3 Å². The number of thiazole rings is 1. The standard InChI is InChI=1S/C18H33N5S/c1-5-19-17(20-9-12-23-10-7-6-8-11-23)21-13-15-14-24-16(22-15)18(2,3)4/h14H,5-13H2,1-4H3,(H2,19,20,21). The van der Waals surface area contributed by atoms with E-state index in [9.17, 15) is 0 Å². The van der Waals surface area contributed by atoms with Gasteiger partial charge in [0.25, 0.3) is 0 Å². The molecule has 1 saturated heterocycles. The van der Waals surface area contributed by atoms with E-state index < -0.39 is 0 Å². The molecule has 0 unspecified atom stereocenters. The van der Waals surface area contributed by atoms with Crippen LogP contribution in [0.1, 0.15) is 57.7 Å². The van der Waals surface area contributed by atoms with E-state index in [4.69, 9.17) is 4.98 Å². The molecule has 1 aliphatic heterocycles. The maximum atomic E-state index is 4.71. The van der Waals surface area contributed by atoms with Crippen molar-refractivity contribution in [3.8, 4) is 0 Å². The first-order valence-electron chi connectivity index (χ1n) is 9.18. The Balaban J connectivity index is 1.82. The van der Waals surface area contributed by atoms with E-state index in [-0.39, 0.29) is 5.41 Å². The molecule has 24 heavy (non-hydrogen) atoms. The summed E-state index contributed by atoms with van der Waals surface area (Å²) in [6.07, 6.45) is 4.07. The number of hydrogen-bond donors (Lipinski definition) is 2. The van der Waals surface area contributed by atoms with E-state index in [1.807, 2.05) is 0 Å². The second-order valence-electron chi connectivity index (χ2n) is 7.42. The summed E-state index contributed by atoms with van der Waals surface area (Å²) in [6.45, 7) is 14.7. The van der Waals surface area contributed by atoms with Crippen LogP contribution < -0.4 is 10.6 Å². The van der Waals surface area contributed by atoms with Crippen molar-refractivity contribution in [2.45, 2.75) is 58.9 Å². The van der Waals surface area contributed by atoms with Crippen LogP contribution in [0.15, 0.2) is 10.4 Å². The first-order valence-corrected chi connectivity index (χ1v) is 10.1. The third kappa shape index (κ3) is 6.40. The van der Waals surface area contributed by atoms with Crippen molar-refractivity contribution < 1.29 is 0 Å². The average molecular weight is 352 g/mol. The summed E-state index contributed by atoms with van der Waals surface area (Å²) >= 11 is 1.73. The van der Waals surface area contributed by atoms with E-state index >= 15 is 0 Å². The van der Waals surface area contributed by atoms with Crippen LogP contribution in [0.2, 0.25) is 0 Å². The monoisotopic (exact) mass is 351 g/mol. The Morgan fingerprint density at radius 1 is 1.25 bits per heavy atom. The molecule has 6 heteroatoms.